The van der Waals surface area contributed by atoms with Crippen molar-refractivity contribution in [1.82, 2.24) is 0 Å². The molecule has 0 rings (SSSR count). The van der Waals surface area contributed by atoms with Gasteiger partial charge in [0.1, 0.15) is 0 Å². The van der Waals surface area contributed by atoms with Crippen molar-refractivity contribution in [3.05, 3.63) is 12.2 Å². The first-order chi connectivity index (χ1) is 8.15. The van der Waals surface area contributed by atoms with Gasteiger partial charge >= 0.3 is 0 Å². The molecule has 0 aliphatic carbocycles. The minimum absolute atomic E-state index is 0.354. The number of carbonyl (C=O) groups is 1. The van der Waals surface area contributed by atoms with Gasteiger partial charge in [-0.1, -0.05) is 44.8 Å². The number of carboxylic acids is 1. The first-order valence-corrected chi connectivity index (χ1v) is 6.60. The molecule has 0 saturated heterocycles. The van der Waals surface area contributed by atoms with Crippen LogP contribution in [0.4, 0.5) is 0 Å². The summed E-state index contributed by atoms with van der Waals surface area (Å²) in [6.45, 7) is 3.66. The smallest absolute Gasteiger partial charge is 0.300 e. The molecular formula is C14H28O3. The molecule has 0 atom stereocenters. The Labute approximate surface area is 106 Å². The topological polar surface area (TPSA) is 57.5 Å². The molecular weight excluding hydrogens is 216 g/mol. The van der Waals surface area contributed by atoms with Gasteiger partial charge in [0.2, 0.25) is 0 Å². The lowest BCUT2D eigenvalue weighted by molar-refractivity contribution is -0.134. The molecule has 0 spiro atoms. The van der Waals surface area contributed by atoms with Crippen molar-refractivity contribution >= 4 is 5.97 Å². The molecule has 0 saturated carbocycles. The van der Waals surface area contributed by atoms with Crippen molar-refractivity contribution in [2.45, 2.75) is 65.2 Å². The molecule has 0 heterocycles. The summed E-state index contributed by atoms with van der Waals surface area (Å²) >= 11 is 0. The van der Waals surface area contributed by atoms with E-state index in [1.807, 2.05) is 0 Å². The second kappa shape index (κ2) is 17.6. The Hall–Kier alpha value is -0.830. The Kier molecular flexibility index (Phi) is 19.1. The van der Waals surface area contributed by atoms with Crippen LogP contribution >= 0.6 is 0 Å². The maximum absolute atomic E-state index is 9.00. The number of hydrogen-bond donors (Lipinski definition) is 2. The molecule has 17 heavy (non-hydrogen) atoms. The first kappa shape index (κ1) is 18.5. The third kappa shape index (κ3) is 31.3. The van der Waals surface area contributed by atoms with Gasteiger partial charge in [-0.15, -0.1) is 0 Å². The fraction of sp³-hybridized carbons (Fsp3) is 0.786. The summed E-state index contributed by atoms with van der Waals surface area (Å²) in [6.07, 6.45) is 14.4. The molecule has 3 nitrogen and oxygen atoms in total. The highest BCUT2D eigenvalue weighted by molar-refractivity contribution is 5.62. The van der Waals surface area contributed by atoms with Crippen LogP contribution in [-0.2, 0) is 4.79 Å². The van der Waals surface area contributed by atoms with Crippen molar-refractivity contribution in [2.75, 3.05) is 6.61 Å². The number of unbranched alkanes of at least 4 members (excludes halogenated alkanes) is 6. The van der Waals surface area contributed by atoms with Gasteiger partial charge in [0.05, 0.1) is 0 Å². The SMILES string of the molecule is CC(=O)O.CCCC/C=C/CCCCCCO. The highest BCUT2D eigenvalue weighted by atomic mass is 16.4. The van der Waals surface area contributed by atoms with Crippen molar-refractivity contribution in [3.8, 4) is 0 Å². The maximum Gasteiger partial charge on any atom is 0.300 e. The third-order valence-electron chi connectivity index (χ3n) is 2.17. The number of carboxylic acid groups (broad SMARTS) is 1. The summed E-state index contributed by atoms with van der Waals surface area (Å²) in [4.78, 5) is 9.00. The maximum atomic E-state index is 9.00. The molecule has 0 bridgehead atoms. The van der Waals surface area contributed by atoms with E-state index < -0.39 is 5.97 Å². The molecule has 0 aliphatic heterocycles. The van der Waals surface area contributed by atoms with E-state index in [0.717, 1.165) is 13.3 Å². The van der Waals surface area contributed by atoms with Crippen LogP contribution in [0.5, 0.6) is 0 Å². The van der Waals surface area contributed by atoms with Crippen LogP contribution in [0.3, 0.4) is 0 Å². The van der Waals surface area contributed by atoms with Gasteiger partial charge in [-0.2, -0.15) is 0 Å². The summed E-state index contributed by atoms with van der Waals surface area (Å²) in [7, 11) is 0. The predicted molar refractivity (Wildman–Crippen MR) is 72.1 cm³/mol. The van der Waals surface area contributed by atoms with E-state index in [1.165, 1.54) is 44.9 Å². The van der Waals surface area contributed by atoms with Crippen LogP contribution in [0, 0.1) is 0 Å². The summed E-state index contributed by atoms with van der Waals surface area (Å²) in [5, 5.41) is 16.0. The minimum atomic E-state index is -0.833. The van der Waals surface area contributed by atoms with Crippen LogP contribution in [0.15, 0.2) is 12.2 Å². The monoisotopic (exact) mass is 244 g/mol. The molecule has 2 N–H and O–H groups in total. The standard InChI is InChI=1S/C12H24O.C2H4O2/c1-2-3-4-5-6-7-8-9-10-11-12-13;1-2(3)4/h5-6,13H,2-4,7-12H2,1H3;1H3,(H,3,4)/b6-5+;. The second-order valence-electron chi connectivity index (χ2n) is 4.06. The first-order valence-electron chi connectivity index (χ1n) is 6.60. The van der Waals surface area contributed by atoms with Gasteiger partial charge < -0.3 is 10.2 Å². The molecule has 0 aromatic heterocycles. The average molecular weight is 244 g/mol. The zero-order chi connectivity index (χ0) is 13.4. The van der Waals surface area contributed by atoms with Crippen LogP contribution < -0.4 is 0 Å². The van der Waals surface area contributed by atoms with E-state index in [1.54, 1.807) is 0 Å². The van der Waals surface area contributed by atoms with Gasteiger partial charge in [-0.3, -0.25) is 4.79 Å². The number of allylic oxidation sites excluding steroid dienone is 2. The molecule has 0 aliphatic rings. The Morgan fingerprint density at radius 2 is 1.47 bits per heavy atom. The Morgan fingerprint density at radius 3 is 1.94 bits per heavy atom. The number of aliphatic carboxylic acids is 1. The highest BCUT2D eigenvalue weighted by Crippen LogP contribution is 2.04. The van der Waals surface area contributed by atoms with E-state index >= 15 is 0 Å². The summed E-state index contributed by atoms with van der Waals surface area (Å²) in [5.41, 5.74) is 0. The van der Waals surface area contributed by atoms with Gasteiger partial charge in [-0.05, 0) is 25.7 Å². The van der Waals surface area contributed by atoms with Crippen molar-refractivity contribution in [2.24, 2.45) is 0 Å². The summed E-state index contributed by atoms with van der Waals surface area (Å²) in [5.74, 6) is -0.833. The third-order valence-corrected chi connectivity index (χ3v) is 2.17. The molecule has 0 amide bonds. The normalized spacial score (nSPS) is 10.1. The van der Waals surface area contributed by atoms with E-state index in [9.17, 15) is 0 Å². The Bertz CT molecular complexity index is 172. The van der Waals surface area contributed by atoms with Crippen LogP contribution in [0.25, 0.3) is 0 Å². The van der Waals surface area contributed by atoms with Gasteiger partial charge in [0.15, 0.2) is 0 Å². The van der Waals surface area contributed by atoms with E-state index in [4.69, 9.17) is 15.0 Å². The van der Waals surface area contributed by atoms with Crippen LogP contribution in [0.2, 0.25) is 0 Å². The highest BCUT2D eigenvalue weighted by Gasteiger charge is 1.86. The minimum Gasteiger partial charge on any atom is -0.481 e. The molecule has 0 fully saturated rings. The van der Waals surface area contributed by atoms with Crippen LogP contribution in [0.1, 0.15) is 65.2 Å². The molecule has 3 heteroatoms. The molecule has 0 aromatic carbocycles. The van der Waals surface area contributed by atoms with Crippen LogP contribution in [-0.4, -0.2) is 22.8 Å². The fourth-order valence-corrected chi connectivity index (χ4v) is 1.29. The van der Waals surface area contributed by atoms with Gasteiger partial charge in [-0.25, -0.2) is 0 Å². The van der Waals surface area contributed by atoms with E-state index in [0.29, 0.717) is 6.61 Å². The Balaban J connectivity index is 0. The quantitative estimate of drug-likeness (QED) is 0.479. The summed E-state index contributed by atoms with van der Waals surface area (Å²) in [6, 6.07) is 0. The molecule has 0 unspecified atom stereocenters. The van der Waals surface area contributed by atoms with E-state index in [-0.39, 0.29) is 0 Å². The van der Waals surface area contributed by atoms with Gasteiger partial charge in [0.25, 0.3) is 5.97 Å². The van der Waals surface area contributed by atoms with E-state index in [2.05, 4.69) is 19.1 Å². The lowest BCUT2D eigenvalue weighted by atomic mass is 10.1. The number of aliphatic hydroxyl groups excluding tert-OH is 1. The fourth-order valence-electron chi connectivity index (χ4n) is 1.29. The lowest BCUT2D eigenvalue weighted by Gasteiger charge is -1.95. The molecule has 0 aromatic rings. The van der Waals surface area contributed by atoms with Gasteiger partial charge in [0, 0.05) is 13.5 Å². The van der Waals surface area contributed by atoms with Crippen molar-refractivity contribution in [1.29, 1.82) is 0 Å². The molecule has 0 radical (unpaired) electrons. The second-order valence-corrected chi connectivity index (χ2v) is 4.06. The largest absolute Gasteiger partial charge is 0.481 e. The lowest BCUT2D eigenvalue weighted by Crippen LogP contribution is -1.82. The Morgan fingerprint density at radius 1 is 1.00 bits per heavy atom. The number of rotatable bonds is 9. The van der Waals surface area contributed by atoms with Crippen molar-refractivity contribution in [3.63, 3.8) is 0 Å². The zero-order valence-electron chi connectivity index (χ0n) is 11.3. The number of aliphatic hydroxyl groups is 1. The average Bonchev–Trinajstić information content (AvgIpc) is 2.26. The number of hydrogen-bond acceptors (Lipinski definition) is 2. The van der Waals surface area contributed by atoms with Crippen molar-refractivity contribution < 1.29 is 15.0 Å². The molecule has 102 valence electrons. The zero-order valence-corrected chi connectivity index (χ0v) is 11.3. The predicted octanol–water partition coefficient (Wildman–Crippen LogP) is 3.77. The summed E-state index contributed by atoms with van der Waals surface area (Å²) < 4.78 is 0.